The predicted molar refractivity (Wildman–Crippen MR) is 111 cm³/mol. The van der Waals surface area contributed by atoms with Gasteiger partial charge in [0, 0.05) is 12.1 Å². The molecular weight excluding hydrogens is 424 g/mol. The molecule has 0 aromatic heterocycles. The van der Waals surface area contributed by atoms with Crippen molar-refractivity contribution in [3.63, 3.8) is 0 Å². The first-order valence-electron chi connectivity index (χ1n) is 9.64. The van der Waals surface area contributed by atoms with Crippen LogP contribution < -0.4 is 9.47 Å². The number of hydrogen-bond acceptors (Lipinski definition) is 10. The summed E-state index contributed by atoms with van der Waals surface area (Å²) < 4.78 is 15.9. The van der Waals surface area contributed by atoms with Crippen LogP contribution in [0.1, 0.15) is 15.9 Å². The molecule has 0 aliphatic carbocycles. The second-order valence-electron chi connectivity index (χ2n) is 7.12. The molecule has 0 spiro atoms. The van der Waals surface area contributed by atoms with Gasteiger partial charge in [0.05, 0.1) is 13.7 Å². The number of aromatic hydroxyl groups is 2. The van der Waals surface area contributed by atoms with Crippen LogP contribution in [0, 0.1) is 0 Å². The Morgan fingerprint density at radius 2 is 1.75 bits per heavy atom. The minimum atomic E-state index is -1.64. The van der Waals surface area contributed by atoms with E-state index in [-0.39, 0.29) is 22.8 Å². The van der Waals surface area contributed by atoms with Gasteiger partial charge in [-0.05, 0) is 23.8 Å². The molecule has 3 rings (SSSR count). The smallest absolute Gasteiger partial charge is 0.229 e. The van der Waals surface area contributed by atoms with Crippen molar-refractivity contribution in [3.8, 4) is 23.0 Å². The molecule has 5 atom stereocenters. The average Bonchev–Trinajstić information content (AvgIpc) is 2.78. The highest BCUT2D eigenvalue weighted by Gasteiger charge is 2.44. The van der Waals surface area contributed by atoms with Gasteiger partial charge in [-0.2, -0.15) is 0 Å². The van der Waals surface area contributed by atoms with Gasteiger partial charge in [0.25, 0.3) is 0 Å². The van der Waals surface area contributed by atoms with Crippen molar-refractivity contribution in [1.82, 2.24) is 0 Å². The summed E-state index contributed by atoms with van der Waals surface area (Å²) in [5, 5.41) is 58.8. The lowest BCUT2D eigenvalue weighted by Gasteiger charge is -2.39. The van der Waals surface area contributed by atoms with Gasteiger partial charge in [0.15, 0.2) is 5.78 Å². The Kier molecular flexibility index (Phi) is 7.33. The highest BCUT2D eigenvalue weighted by atomic mass is 16.7. The molecule has 0 saturated carbocycles. The van der Waals surface area contributed by atoms with Crippen molar-refractivity contribution in [3.05, 3.63) is 53.6 Å². The van der Waals surface area contributed by atoms with E-state index >= 15 is 0 Å². The van der Waals surface area contributed by atoms with Gasteiger partial charge in [0.1, 0.15) is 53.0 Å². The Hall–Kier alpha value is -3.15. The zero-order valence-electron chi connectivity index (χ0n) is 17.0. The Labute approximate surface area is 183 Å². The third-order valence-electron chi connectivity index (χ3n) is 4.94. The monoisotopic (exact) mass is 448 g/mol. The van der Waals surface area contributed by atoms with Crippen LogP contribution in [0.3, 0.4) is 0 Å². The Morgan fingerprint density at radius 3 is 2.38 bits per heavy atom. The topological polar surface area (TPSA) is 166 Å². The van der Waals surface area contributed by atoms with Gasteiger partial charge in [-0.1, -0.05) is 18.2 Å². The summed E-state index contributed by atoms with van der Waals surface area (Å²) in [6, 6.07) is 8.52. The third-order valence-corrected chi connectivity index (χ3v) is 4.94. The number of aliphatic hydroxyl groups excluding tert-OH is 4. The molecule has 0 amide bonds. The van der Waals surface area contributed by atoms with Crippen molar-refractivity contribution in [2.75, 3.05) is 13.7 Å². The number of carbonyl (C=O) groups excluding carboxylic acids is 1. The number of ketones is 1. The molecule has 0 radical (unpaired) electrons. The summed E-state index contributed by atoms with van der Waals surface area (Å²) >= 11 is 0. The van der Waals surface area contributed by atoms with Gasteiger partial charge in [0.2, 0.25) is 6.29 Å². The zero-order valence-corrected chi connectivity index (χ0v) is 17.0. The van der Waals surface area contributed by atoms with Crippen molar-refractivity contribution >= 4 is 11.9 Å². The van der Waals surface area contributed by atoms with Gasteiger partial charge >= 0.3 is 0 Å². The van der Waals surface area contributed by atoms with E-state index in [4.69, 9.17) is 14.2 Å². The molecule has 6 N–H and O–H groups in total. The van der Waals surface area contributed by atoms with E-state index in [9.17, 15) is 35.4 Å². The first-order valence-corrected chi connectivity index (χ1v) is 9.64. The Bertz CT molecular complexity index is 969. The maximum absolute atomic E-state index is 12.6. The maximum atomic E-state index is 12.6. The fourth-order valence-corrected chi connectivity index (χ4v) is 3.19. The van der Waals surface area contributed by atoms with Gasteiger partial charge < -0.3 is 44.8 Å². The predicted octanol–water partition coefficient (Wildman–Crippen LogP) is 0.181. The largest absolute Gasteiger partial charge is 0.508 e. The lowest BCUT2D eigenvalue weighted by atomic mass is 9.99. The van der Waals surface area contributed by atoms with E-state index in [1.165, 1.54) is 37.5 Å². The number of carbonyl (C=O) groups is 1. The van der Waals surface area contributed by atoms with Crippen LogP contribution in [-0.4, -0.2) is 80.8 Å². The minimum Gasteiger partial charge on any atom is -0.508 e. The van der Waals surface area contributed by atoms with Crippen LogP contribution in [0.4, 0.5) is 0 Å². The molecule has 1 heterocycles. The first kappa shape index (κ1) is 23.5. The lowest BCUT2D eigenvalue weighted by Crippen LogP contribution is -2.60. The molecule has 1 aliphatic heterocycles. The summed E-state index contributed by atoms with van der Waals surface area (Å²) in [4.78, 5) is 12.6. The summed E-state index contributed by atoms with van der Waals surface area (Å²) in [7, 11) is 1.28. The van der Waals surface area contributed by atoms with Crippen LogP contribution >= 0.6 is 0 Å². The molecule has 5 unspecified atom stereocenters. The molecule has 1 saturated heterocycles. The van der Waals surface area contributed by atoms with Crippen LogP contribution in [0.15, 0.2) is 42.5 Å². The second kappa shape index (κ2) is 9.98. The number of phenolic OH excluding ortho intramolecular Hbond substituents is 2. The normalized spacial score (nSPS) is 25.6. The van der Waals surface area contributed by atoms with Gasteiger partial charge in [-0.25, -0.2) is 0 Å². The fourth-order valence-electron chi connectivity index (χ4n) is 3.19. The van der Waals surface area contributed by atoms with Crippen LogP contribution in [0.25, 0.3) is 6.08 Å². The number of ether oxygens (including phenoxy) is 3. The maximum Gasteiger partial charge on any atom is 0.229 e. The van der Waals surface area contributed by atoms with E-state index in [1.54, 1.807) is 12.1 Å². The quantitative estimate of drug-likeness (QED) is 0.254. The fraction of sp³-hybridized carbons (Fsp3) is 0.318. The van der Waals surface area contributed by atoms with Crippen molar-refractivity contribution in [2.24, 2.45) is 0 Å². The summed E-state index contributed by atoms with van der Waals surface area (Å²) in [6.07, 6.45) is -4.73. The highest BCUT2D eigenvalue weighted by molar-refractivity contribution is 6.10. The van der Waals surface area contributed by atoms with E-state index in [1.807, 2.05) is 0 Å². The number of aliphatic hydroxyl groups is 4. The summed E-state index contributed by atoms with van der Waals surface area (Å²) in [5.41, 5.74) is 0.515. The number of rotatable bonds is 7. The van der Waals surface area contributed by atoms with E-state index in [2.05, 4.69) is 0 Å². The molecule has 10 heteroatoms. The van der Waals surface area contributed by atoms with E-state index in [0.29, 0.717) is 5.56 Å². The van der Waals surface area contributed by atoms with Gasteiger partial charge in [-0.3, -0.25) is 4.79 Å². The molecular formula is C22H24O10. The summed E-state index contributed by atoms with van der Waals surface area (Å²) in [6.45, 7) is -0.625. The number of methoxy groups -OCH3 is 1. The number of phenols is 2. The van der Waals surface area contributed by atoms with Crippen LogP contribution in [-0.2, 0) is 4.74 Å². The number of hydrogen-bond donors (Lipinski definition) is 6. The molecule has 2 aromatic rings. The number of allylic oxidation sites excluding steroid dienone is 1. The molecule has 1 aliphatic rings. The van der Waals surface area contributed by atoms with Crippen molar-refractivity contribution in [1.29, 1.82) is 0 Å². The van der Waals surface area contributed by atoms with Crippen LogP contribution in [0.5, 0.6) is 23.0 Å². The molecule has 0 bridgehead atoms. The van der Waals surface area contributed by atoms with E-state index in [0.717, 1.165) is 6.07 Å². The van der Waals surface area contributed by atoms with Crippen molar-refractivity contribution in [2.45, 2.75) is 30.7 Å². The molecule has 32 heavy (non-hydrogen) atoms. The van der Waals surface area contributed by atoms with Gasteiger partial charge in [-0.15, -0.1) is 0 Å². The minimum absolute atomic E-state index is 0.0232. The Morgan fingerprint density at radius 1 is 1.06 bits per heavy atom. The SMILES string of the molecule is COc1cc(OC2OC(CO)C(O)C(O)C2O)cc(O)c1C(=O)/C=C/c1ccc(O)cc1. The molecule has 10 nitrogen and oxygen atoms in total. The second-order valence-corrected chi connectivity index (χ2v) is 7.12. The Balaban J connectivity index is 1.81. The molecule has 1 fully saturated rings. The first-order chi connectivity index (χ1) is 15.2. The lowest BCUT2D eigenvalue weighted by molar-refractivity contribution is -0.277. The average molecular weight is 448 g/mol. The van der Waals surface area contributed by atoms with E-state index < -0.39 is 48.8 Å². The third kappa shape index (κ3) is 5.01. The summed E-state index contributed by atoms with van der Waals surface area (Å²) in [5.74, 6) is -1.02. The zero-order chi connectivity index (χ0) is 23.4. The van der Waals surface area contributed by atoms with Crippen molar-refractivity contribution < 1.29 is 49.6 Å². The number of benzene rings is 2. The standard InChI is InChI=1S/C22H24O10/c1-30-16-9-13(31-22-21(29)20(28)19(27)17(10-23)32-22)8-15(26)18(16)14(25)7-4-11-2-5-12(24)6-3-11/h2-9,17,19-24,26-29H,10H2,1H3/b7-4+. The molecule has 2 aromatic carbocycles. The highest BCUT2D eigenvalue weighted by Crippen LogP contribution is 2.35. The molecule has 172 valence electrons. The van der Waals surface area contributed by atoms with Crippen LogP contribution in [0.2, 0.25) is 0 Å².